The minimum absolute atomic E-state index is 0.844. The molecule has 0 spiro atoms. The molecule has 0 amide bonds. The van der Waals surface area contributed by atoms with Gasteiger partial charge < -0.3 is 15.1 Å². The van der Waals surface area contributed by atoms with Crippen molar-refractivity contribution in [3.8, 4) is 0 Å². The van der Waals surface area contributed by atoms with Gasteiger partial charge in [0, 0.05) is 12.4 Å². The topological polar surface area (TPSA) is 90.7 Å². The summed E-state index contributed by atoms with van der Waals surface area (Å²) in [6.45, 7) is 0. The van der Waals surface area contributed by atoms with Crippen molar-refractivity contribution < 1.29 is 19.7 Å². The molecule has 0 saturated carbocycles. The van der Waals surface area contributed by atoms with Crippen LogP contribution < -0.4 is 0 Å². The summed E-state index contributed by atoms with van der Waals surface area (Å²) < 4.78 is 10.0. The Morgan fingerprint density at radius 2 is 1.54 bits per heavy atom. The molecule has 1 rings (SSSR count). The molecule has 1 heterocycles. The number of hydrogen-bond acceptors (Lipinski definition) is 4. The van der Waals surface area contributed by atoms with Crippen LogP contribution in [0.2, 0.25) is 0 Å². The lowest BCUT2D eigenvalue weighted by Gasteiger charge is -1.99. The number of aliphatic hydroxyl groups is 2. The van der Waals surface area contributed by atoms with E-state index in [2.05, 4.69) is 4.98 Å². The lowest BCUT2D eigenvalue weighted by molar-refractivity contribution is 0.293. The standard InChI is InChI=1S/C5H5N.C2H7O4P/c1-2-4-6-5-3-1;3-1-7(5,6)2-4/h1-5H;3-4H,1-2H2,(H,5,6). The van der Waals surface area contributed by atoms with Crippen LogP contribution in [0.5, 0.6) is 0 Å². The third-order valence-corrected chi connectivity index (χ3v) is 1.89. The highest BCUT2D eigenvalue weighted by molar-refractivity contribution is 7.57. The van der Waals surface area contributed by atoms with Gasteiger partial charge in [0.15, 0.2) is 0 Å². The molecular weight excluding hydrogens is 193 g/mol. The summed E-state index contributed by atoms with van der Waals surface area (Å²) >= 11 is 0. The van der Waals surface area contributed by atoms with E-state index in [9.17, 15) is 4.57 Å². The zero-order valence-corrected chi connectivity index (χ0v) is 7.84. The van der Waals surface area contributed by atoms with Gasteiger partial charge in [-0.1, -0.05) is 6.07 Å². The molecule has 0 aliphatic carbocycles. The van der Waals surface area contributed by atoms with Gasteiger partial charge in [-0.2, -0.15) is 0 Å². The number of pyridine rings is 1. The summed E-state index contributed by atoms with van der Waals surface area (Å²) in [7, 11) is -3.54. The van der Waals surface area contributed by atoms with Crippen molar-refractivity contribution in [2.75, 3.05) is 12.7 Å². The third kappa shape index (κ3) is 7.62. The zero-order chi connectivity index (χ0) is 10.2. The Hall–Kier alpha value is -0.740. The second kappa shape index (κ2) is 6.74. The maximum absolute atomic E-state index is 10.0. The van der Waals surface area contributed by atoms with Crippen molar-refractivity contribution in [3.05, 3.63) is 30.6 Å². The van der Waals surface area contributed by atoms with Crippen LogP contribution in [0, 0.1) is 0 Å². The van der Waals surface area contributed by atoms with Crippen LogP contribution >= 0.6 is 7.37 Å². The number of aliphatic hydroxyl groups excluding tert-OH is 2. The van der Waals surface area contributed by atoms with Crippen LogP contribution in [0.1, 0.15) is 0 Å². The average Bonchev–Trinajstić information content (AvgIpc) is 2.21. The van der Waals surface area contributed by atoms with Crippen LogP contribution in [0.25, 0.3) is 0 Å². The molecule has 0 unspecified atom stereocenters. The van der Waals surface area contributed by atoms with Gasteiger partial charge >= 0.3 is 0 Å². The summed E-state index contributed by atoms with van der Waals surface area (Å²) in [5.74, 6) is 0. The first-order chi connectivity index (χ1) is 6.12. The largest absolute Gasteiger partial charge is 0.386 e. The van der Waals surface area contributed by atoms with Gasteiger partial charge in [0.25, 0.3) is 0 Å². The first kappa shape index (κ1) is 12.3. The van der Waals surface area contributed by atoms with Gasteiger partial charge in [0.05, 0.1) is 0 Å². The lowest BCUT2D eigenvalue weighted by Crippen LogP contribution is -1.90. The summed E-state index contributed by atoms with van der Waals surface area (Å²) in [6.07, 6.45) is 1.81. The summed E-state index contributed by atoms with van der Waals surface area (Å²) in [6, 6.07) is 5.72. The average molecular weight is 205 g/mol. The monoisotopic (exact) mass is 205 g/mol. The highest BCUT2D eigenvalue weighted by atomic mass is 31.2. The predicted octanol–water partition coefficient (Wildman–Crippen LogP) is 0.238. The van der Waals surface area contributed by atoms with Crippen LogP contribution in [-0.4, -0.2) is 32.8 Å². The molecule has 5 nitrogen and oxygen atoms in total. The van der Waals surface area contributed by atoms with Crippen LogP contribution in [0.15, 0.2) is 30.6 Å². The van der Waals surface area contributed by atoms with Crippen LogP contribution in [0.4, 0.5) is 0 Å². The third-order valence-electron chi connectivity index (χ3n) is 1.01. The predicted molar refractivity (Wildman–Crippen MR) is 48.2 cm³/mol. The maximum Gasteiger partial charge on any atom is 0.249 e. The normalized spacial score (nSPS) is 10.1. The molecule has 0 aliphatic rings. The van der Waals surface area contributed by atoms with E-state index in [4.69, 9.17) is 15.1 Å². The number of nitrogens with zero attached hydrogens (tertiary/aromatic N) is 1. The highest BCUT2D eigenvalue weighted by Gasteiger charge is 2.12. The van der Waals surface area contributed by atoms with E-state index in [0.717, 1.165) is 0 Å². The summed E-state index contributed by atoms with van der Waals surface area (Å²) in [5.41, 5.74) is 0. The second-order valence-corrected chi connectivity index (χ2v) is 4.41. The second-order valence-electron chi connectivity index (χ2n) is 2.15. The Labute approximate surface area is 76.1 Å². The van der Waals surface area contributed by atoms with Crippen molar-refractivity contribution in [1.29, 1.82) is 0 Å². The lowest BCUT2D eigenvalue weighted by atomic mass is 10.5. The number of rotatable bonds is 2. The van der Waals surface area contributed by atoms with Crippen LogP contribution in [0.3, 0.4) is 0 Å². The maximum atomic E-state index is 10.0. The molecule has 0 saturated heterocycles. The summed E-state index contributed by atoms with van der Waals surface area (Å²) in [4.78, 5) is 12.0. The first-order valence-electron chi connectivity index (χ1n) is 3.50. The Morgan fingerprint density at radius 3 is 1.62 bits per heavy atom. The fourth-order valence-electron chi connectivity index (χ4n) is 0.357. The van der Waals surface area contributed by atoms with Gasteiger partial charge in [0.1, 0.15) is 12.7 Å². The zero-order valence-electron chi connectivity index (χ0n) is 6.95. The Morgan fingerprint density at radius 1 is 1.08 bits per heavy atom. The van der Waals surface area contributed by atoms with Crippen molar-refractivity contribution in [2.45, 2.75) is 0 Å². The van der Waals surface area contributed by atoms with Crippen molar-refractivity contribution in [1.82, 2.24) is 4.98 Å². The quantitative estimate of drug-likeness (QED) is 0.601. The van der Waals surface area contributed by atoms with Crippen molar-refractivity contribution in [2.24, 2.45) is 0 Å². The number of hydrogen-bond donors (Lipinski definition) is 3. The Balaban J connectivity index is 0.000000223. The van der Waals surface area contributed by atoms with E-state index >= 15 is 0 Å². The molecule has 0 radical (unpaired) electrons. The molecule has 1 aromatic heterocycles. The van der Waals surface area contributed by atoms with Gasteiger partial charge in [-0.3, -0.25) is 9.55 Å². The Bertz CT molecular complexity index is 219. The fourth-order valence-corrected chi connectivity index (χ4v) is 0.447. The van der Waals surface area contributed by atoms with E-state index in [-0.39, 0.29) is 0 Å². The van der Waals surface area contributed by atoms with Gasteiger partial charge in [-0.05, 0) is 12.1 Å². The molecule has 0 fully saturated rings. The van der Waals surface area contributed by atoms with Gasteiger partial charge in [0.2, 0.25) is 7.37 Å². The van der Waals surface area contributed by atoms with Crippen molar-refractivity contribution >= 4 is 7.37 Å². The van der Waals surface area contributed by atoms with Crippen molar-refractivity contribution in [3.63, 3.8) is 0 Å². The number of aromatic nitrogens is 1. The first-order valence-corrected chi connectivity index (χ1v) is 5.53. The smallest absolute Gasteiger partial charge is 0.249 e. The fraction of sp³-hybridized carbons (Fsp3) is 0.286. The Kier molecular flexibility index (Phi) is 6.36. The SMILES string of the molecule is O=P(O)(CO)CO.c1ccncc1. The van der Waals surface area contributed by atoms with E-state index < -0.39 is 20.1 Å². The minimum Gasteiger partial charge on any atom is -0.386 e. The van der Waals surface area contributed by atoms with E-state index in [1.807, 2.05) is 18.2 Å². The molecule has 3 N–H and O–H groups in total. The van der Waals surface area contributed by atoms with E-state index in [1.54, 1.807) is 12.4 Å². The molecule has 0 bridgehead atoms. The molecule has 0 aliphatic heterocycles. The molecule has 74 valence electrons. The van der Waals surface area contributed by atoms with E-state index in [0.29, 0.717) is 0 Å². The van der Waals surface area contributed by atoms with Gasteiger partial charge in [-0.25, -0.2) is 0 Å². The van der Waals surface area contributed by atoms with Crippen LogP contribution in [-0.2, 0) is 4.57 Å². The highest BCUT2D eigenvalue weighted by Crippen LogP contribution is 2.36. The molecule has 1 aromatic rings. The van der Waals surface area contributed by atoms with E-state index in [1.165, 1.54) is 0 Å². The van der Waals surface area contributed by atoms with Gasteiger partial charge in [-0.15, -0.1) is 0 Å². The minimum atomic E-state index is -3.54. The molecule has 6 heteroatoms. The molecule has 0 atom stereocenters. The molecule has 0 aromatic carbocycles. The molecular formula is C7H12NO4P. The summed E-state index contributed by atoms with van der Waals surface area (Å²) in [5, 5.41) is 15.8. The molecule has 13 heavy (non-hydrogen) atoms.